The fourth-order valence-electron chi connectivity index (χ4n) is 1.44. The predicted octanol–water partition coefficient (Wildman–Crippen LogP) is 2.83. The maximum Gasteiger partial charge on any atom is 0.296 e. The molecule has 9 heteroatoms. The van der Waals surface area contributed by atoms with Crippen molar-refractivity contribution in [2.45, 2.75) is 5.16 Å². The molecule has 0 amide bonds. The molecule has 2 aromatic rings. The third-order valence-electron chi connectivity index (χ3n) is 2.25. The fourth-order valence-corrected chi connectivity index (χ4v) is 2.97. The van der Waals surface area contributed by atoms with Crippen LogP contribution >= 0.6 is 38.2 Å². The molecule has 0 bridgehead atoms. The van der Waals surface area contributed by atoms with Gasteiger partial charge >= 0.3 is 0 Å². The van der Waals surface area contributed by atoms with Gasteiger partial charge in [-0.3, -0.25) is 4.57 Å². The van der Waals surface area contributed by atoms with Gasteiger partial charge in [-0.15, -0.1) is 10.2 Å². The van der Waals surface area contributed by atoms with Crippen molar-refractivity contribution in [2.75, 3.05) is 0 Å². The van der Waals surface area contributed by atoms with Crippen molar-refractivity contribution in [2.24, 2.45) is 7.05 Å². The van der Waals surface area contributed by atoms with Crippen molar-refractivity contribution in [3.05, 3.63) is 27.7 Å². The van der Waals surface area contributed by atoms with E-state index in [4.69, 9.17) is 22.3 Å². The van der Waals surface area contributed by atoms with Crippen molar-refractivity contribution in [1.82, 2.24) is 14.8 Å². The van der Waals surface area contributed by atoms with E-state index in [1.165, 1.54) is 11.6 Å². The highest BCUT2D eigenvalue weighted by Crippen LogP contribution is 2.33. The van der Waals surface area contributed by atoms with Gasteiger partial charge in [-0.2, -0.15) is 0 Å². The van der Waals surface area contributed by atoms with Gasteiger partial charge in [0.1, 0.15) is 0 Å². The van der Waals surface area contributed by atoms with Crippen LogP contribution in [0.15, 0.2) is 27.8 Å². The Hall–Kier alpha value is -0.630. The van der Waals surface area contributed by atoms with Crippen LogP contribution in [-0.4, -0.2) is 23.2 Å². The first kappa shape index (κ1) is 13.8. The average molecular weight is 371 g/mol. The lowest BCUT2D eigenvalue weighted by Crippen LogP contribution is -2.03. The number of rotatable bonds is 2. The summed E-state index contributed by atoms with van der Waals surface area (Å²) in [6.45, 7) is 0. The van der Waals surface area contributed by atoms with Gasteiger partial charge in [-0.25, -0.2) is 8.42 Å². The molecule has 5 nitrogen and oxygen atoms in total. The Morgan fingerprint density at radius 2 is 2.00 bits per heavy atom. The highest BCUT2D eigenvalue weighted by Gasteiger charge is 2.22. The van der Waals surface area contributed by atoms with E-state index in [2.05, 4.69) is 26.1 Å². The molecule has 0 saturated heterocycles. The van der Waals surface area contributed by atoms with Crippen LogP contribution in [0.25, 0.3) is 11.4 Å². The standard InChI is InChI=1S/C9H6BrCl2N3O2S/c1-15-8(13-14-9(15)18(12,16)17)5-3-2-4-6(10)7(5)11/h2-4H,1H3. The summed E-state index contributed by atoms with van der Waals surface area (Å²) in [6, 6.07) is 5.23. The lowest BCUT2D eigenvalue weighted by atomic mass is 10.2. The summed E-state index contributed by atoms with van der Waals surface area (Å²) in [5, 5.41) is 7.45. The Bertz CT molecular complexity index is 715. The van der Waals surface area contributed by atoms with Crippen LogP contribution in [0.3, 0.4) is 0 Å². The van der Waals surface area contributed by atoms with Crippen molar-refractivity contribution >= 4 is 47.3 Å². The molecule has 1 aromatic carbocycles. The molecule has 1 heterocycles. The first-order chi connectivity index (χ1) is 8.32. The zero-order chi connectivity index (χ0) is 13.5. The normalized spacial score (nSPS) is 11.8. The summed E-state index contributed by atoms with van der Waals surface area (Å²) in [7, 11) is 2.81. The molecule has 0 spiro atoms. The molecule has 0 aliphatic rings. The van der Waals surface area contributed by atoms with Crippen LogP contribution in [0.4, 0.5) is 0 Å². The summed E-state index contributed by atoms with van der Waals surface area (Å²) in [4.78, 5) is 0. The van der Waals surface area contributed by atoms with Gasteiger partial charge in [0.15, 0.2) is 5.82 Å². The van der Waals surface area contributed by atoms with Gasteiger partial charge in [0.25, 0.3) is 14.2 Å². The first-order valence-electron chi connectivity index (χ1n) is 4.61. The van der Waals surface area contributed by atoms with Crippen LogP contribution in [0.1, 0.15) is 0 Å². The topological polar surface area (TPSA) is 64.8 Å². The molecule has 0 atom stereocenters. The van der Waals surface area contributed by atoms with Gasteiger partial charge in [0, 0.05) is 27.8 Å². The van der Waals surface area contributed by atoms with E-state index in [0.29, 0.717) is 20.9 Å². The predicted molar refractivity (Wildman–Crippen MR) is 72.2 cm³/mol. The Morgan fingerprint density at radius 3 is 2.56 bits per heavy atom. The molecular weight excluding hydrogens is 365 g/mol. The number of aromatic nitrogens is 3. The molecule has 0 N–H and O–H groups in total. The molecule has 96 valence electrons. The summed E-state index contributed by atoms with van der Waals surface area (Å²) >= 11 is 9.39. The van der Waals surface area contributed by atoms with Crippen LogP contribution in [-0.2, 0) is 16.1 Å². The second-order valence-electron chi connectivity index (χ2n) is 3.40. The van der Waals surface area contributed by atoms with E-state index in [0.717, 1.165) is 0 Å². The largest absolute Gasteiger partial charge is 0.300 e. The summed E-state index contributed by atoms with van der Waals surface area (Å²) in [5.74, 6) is 0.320. The SMILES string of the molecule is Cn1c(-c2cccc(Br)c2Cl)nnc1S(=O)(=O)Cl. The number of hydrogen-bond acceptors (Lipinski definition) is 4. The molecule has 0 unspecified atom stereocenters. The summed E-state index contributed by atoms with van der Waals surface area (Å²) in [5.41, 5.74) is 0.563. The molecule has 18 heavy (non-hydrogen) atoms. The maximum atomic E-state index is 11.3. The van der Waals surface area contributed by atoms with Crippen LogP contribution < -0.4 is 0 Å². The van der Waals surface area contributed by atoms with Gasteiger partial charge in [-0.1, -0.05) is 17.7 Å². The molecule has 0 aliphatic carbocycles. The first-order valence-corrected chi connectivity index (χ1v) is 8.09. The quantitative estimate of drug-likeness (QED) is 0.762. The van der Waals surface area contributed by atoms with Crippen LogP contribution in [0, 0.1) is 0 Å². The highest BCUT2D eigenvalue weighted by atomic mass is 79.9. The van der Waals surface area contributed by atoms with Gasteiger partial charge in [-0.05, 0) is 28.1 Å². The Kier molecular flexibility index (Phi) is 3.68. The third-order valence-corrected chi connectivity index (χ3v) is 4.75. The van der Waals surface area contributed by atoms with E-state index in [1.807, 2.05) is 0 Å². The minimum Gasteiger partial charge on any atom is -0.300 e. The molecule has 0 radical (unpaired) electrons. The molecule has 0 aliphatic heterocycles. The van der Waals surface area contributed by atoms with E-state index in [9.17, 15) is 8.42 Å². The number of nitrogens with zero attached hydrogens (tertiary/aromatic N) is 3. The summed E-state index contributed by atoms with van der Waals surface area (Å²) < 4.78 is 24.5. The van der Waals surface area contributed by atoms with Crippen molar-refractivity contribution < 1.29 is 8.42 Å². The van der Waals surface area contributed by atoms with Gasteiger partial charge < -0.3 is 0 Å². The van der Waals surface area contributed by atoms with Gasteiger partial charge in [0.2, 0.25) is 0 Å². The number of benzene rings is 1. The molecule has 0 saturated carbocycles. The van der Waals surface area contributed by atoms with E-state index in [1.54, 1.807) is 18.2 Å². The van der Waals surface area contributed by atoms with Crippen molar-refractivity contribution in [3.8, 4) is 11.4 Å². The van der Waals surface area contributed by atoms with Crippen LogP contribution in [0.5, 0.6) is 0 Å². The lowest BCUT2D eigenvalue weighted by molar-refractivity contribution is 0.593. The second kappa shape index (κ2) is 4.80. The molecule has 2 rings (SSSR count). The van der Waals surface area contributed by atoms with E-state index >= 15 is 0 Å². The lowest BCUT2D eigenvalue weighted by Gasteiger charge is -2.05. The Labute approximate surface area is 121 Å². The molecule has 0 fully saturated rings. The highest BCUT2D eigenvalue weighted by molar-refractivity contribution is 9.10. The Morgan fingerprint density at radius 1 is 1.33 bits per heavy atom. The van der Waals surface area contributed by atoms with Crippen molar-refractivity contribution in [1.29, 1.82) is 0 Å². The minimum atomic E-state index is -3.94. The monoisotopic (exact) mass is 369 g/mol. The molecule has 1 aromatic heterocycles. The minimum absolute atomic E-state index is 0.320. The smallest absolute Gasteiger partial charge is 0.296 e. The van der Waals surface area contributed by atoms with E-state index in [-0.39, 0.29) is 5.16 Å². The summed E-state index contributed by atoms with van der Waals surface area (Å²) in [6.07, 6.45) is 0. The number of hydrogen-bond donors (Lipinski definition) is 0. The van der Waals surface area contributed by atoms with E-state index < -0.39 is 9.05 Å². The number of halogens is 3. The zero-order valence-corrected chi connectivity index (χ0v) is 12.8. The maximum absolute atomic E-state index is 11.3. The second-order valence-corrected chi connectivity index (χ2v) is 7.10. The van der Waals surface area contributed by atoms with Crippen LogP contribution in [0.2, 0.25) is 5.02 Å². The van der Waals surface area contributed by atoms with Crippen molar-refractivity contribution in [3.63, 3.8) is 0 Å². The fraction of sp³-hybridized carbons (Fsp3) is 0.111. The third kappa shape index (κ3) is 2.40. The molecular formula is C9H6BrCl2N3O2S. The zero-order valence-electron chi connectivity index (χ0n) is 8.93. The van der Waals surface area contributed by atoms with Gasteiger partial charge in [0.05, 0.1) is 5.02 Å². The Balaban J connectivity index is 2.67. The average Bonchev–Trinajstić information content (AvgIpc) is 2.64.